The van der Waals surface area contributed by atoms with Crippen LogP contribution >= 0.6 is 11.6 Å². The Bertz CT molecular complexity index is 1160. The van der Waals surface area contributed by atoms with Gasteiger partial charge in [-0.2, -0.15) is 5.10 Å². The molecule has 0 saturated carbocycles. The van der Waals surface area contributed by atoms with Gasteiger partial charge in [-0.1, -0.05) is 30.7 Å². The molecule has 0 aliphatic carbocycles. The molecule has 158 valence electrons. The fourth-order valence-corrected chi connectivity index (χ4v) is 4.31. The lowest BCUT2D eigenvalue weighted by atomic mass is 10.2. The summed E-state index contributed by atoms with van der Waals surface area (Å²) in [5.41, 5.74) is 0.655. The number of benzene rings is 2. The number of aromatic nitrogens is 2. The molecule has 1 amide bonds. The van der Waals surface area contributed by atoms with E-state index in [1.807, 2.05) is 13.8 Å². The standard InChI is InChI=1S/C21H23ClN4O3S/c1-4-15(2)26-20(11-12-23-26)24-21(27)16-7-5-10-19(13-16)30(28,29)25(3)18-9-6-8-17(22)14-18/h5-15H,4H2,1-3H3,(H,24,27). The minimum Gasteiger partial charge on any atom is -0.307 e. The van der Waals surface area contributed by atoms with Crippen LogP contribution in [0.5, 0.6) is 0 Å². The Hall–Kier alpha value is -2.84. The van der Waals surface area contributed by atoms with E-state index in [-0.39, 0.29) is 16.5 Å². The number of halogens is 1. The van der Waals surface area contributed by atoms with E-state index in [0.29, 0.717) is 16.5 Å². The highest BCUT2D eigenvalue weighted by Crippen LogP contribution is 2.25. The normalized spacial score (nSPS) is 12.4. The van der Waals surface area contributed by atoms with Crippen molar-refractivity contribution in [2.75, 3.05) is 16.7 Å². The molecule has 7 nitrogen and oxygen atoms in total. The highest BCUT2D eigenvalue weighted by molar-refractivity contribution is 7.92. The van der Waals surface area contributed by atoms with Crippen molar-refractivity contribution in [1.29, 1.82) is 0 Å². The molecule has 1 heterocycles. The molecule has 0 spiro atoms. The second-order valence-corrected chi connectivity index (χ2v) is 9.26. The molecule has 0 radical (unpaired) electrons. The van der Waals surface area contributed by atoms with Gasteiger partial charge in [0, 0.05) is 23.7 Å². The van der Waals surface area contributed by atoms with E-state index in [2.05, 4.69) is 10.4 Å². The number of hydrogen-bond donors (Lipinski definition) is 1. The molecule has 30 heavy (non-hydrogen) atoms. The molecule has 3 rings (SSSR count). The van der Waals surface area contributed by atoms with Gasteiger partial charge in [0.2, 0.25) is 0 Å². The molecule has 0 aliphatic rings. The van der Waals surface area contributed by atoms with Crippen molar-refractivity contribution in [3.05, 3.63) is 71.4 Å². The van der Waals surface area contributed by atoms with Crippen LogP contribution in [0.1, 0.15) is 36.7 Å². The van der Waals surface area contributed by atoms with E-state index in [1.54, 1.807) is 53.3 Å². The van der Waals surface area contributed by atoms with Crippen molar-refractivity contribution in [2.24, 2.45) is 0 Å². The summed E-state index contributed by atoms with van der Waals surface area (Å²) in [4.78, 5) is 12.8. The highest BCUT2D eigenvalue weighted by atomic mass is 35.5. The van der Waals surface area contributed by atoms with Crippen LogP contribution in [0.4, 0.5) is 11.5 Å². The lowest BCUT2D eigenvalue weighted by Crippen LogP contribution is -2.27. The van der Waals surface area contributed by atoms with Crippen molar-refractivity contribution < 1.29 is 13.2 Å². The Morgan fingerprint density at radius 1 is 1.20 bits per heavy atom. The number of carbonyl (C=O) groups is 1. The molecule has 9 heteroatoms. The number of nitrogens with zero attached hydrogens (tertiary/aromatic N) is 3. The van der Waals surface area contributed by atoms with E-state index in [1.165, 1.54) is 19.2 Å². The van der Waals surface area contributed by atoms with Gasteiger partial charge in [-0.15, -0.1) is 0 Å². The Labute approximate surface area is 181 Å². The molecule has 0 bridgehead atoms. The third-order valence-electron chi connectivity index (χ3n) is 4.85. The van der Waals surface area contributed by atoms with Crippen LogP contribution in [0.3, 0.4) is 0 Å². The summed E-state index contributed by atoms with van der Waals surface area (Å²) in [5, 5.41) is 7.48. The van der Waals surface area contributed by atoms with Gasteiger partial charge in [0.15, 0.2) is 0 Å². The largest absolute Gasteiger partial charge is 0.307 e. The van der Waals surface area contributed by atoms with E-state index >= 15 is 0 Å². The molecule has 0 saturated heterocycles. The van der Waals surface area contributed by atoms with Gasteiger partial charge in [-0.25, -0.2) is 13.1 Å². The van der Waals surface area contributed by atoms with Crippen molar-refractivity contribution in [3.8, 4) is 0 Å². The van der Waals surface area contributed by atoms with Crippen LogP contribution in [0.15, 0.2) is 65.7 Å². The Morgan fingerprint density at radius 2 is 1.93 bits per heavy atom. The molecular weight excluding hydrogens is 424 g/mol. The Kier molecular flexibility index (Phi) is 6.48. The molecule has 1 aromatic heterocycles. The second-order valence-electron chi connectivity index (χ2n) is 6.85. The third-order valence-corrected chi connectivity index (χ3v) is 6.86. The number of anilines is 2. The highest BCUT2D eigenvalue weighted by Gasteiger charge is 2.23. The van der Waals surface area contributed by atoms with Gasteiger partial charge in [-0.05, 0) is 49.7 Å². The fourth-order valence-electron chi connectivity index (χ4n) is 2.89. The van der Waals surface area contributed by atoms with Crippen molar-refractivity contribution in [3.63, 3.8) is 0 Å². The SMILES string of the molecule is CCC(C)n1nccc1NC(=O)c1cccc(S(=O)(=O)N(C)c2cccc(Cl)c2)c1. The topological polar surface area (TPSA) is 84.3 Å². The predicted molar refractivity (Wildman–Crippen MR) is 119 cm³/mol. The van der Waals surface area contributed by atoms with Crippen molar-refractivity contribution in [2.45, 2.75) is 31.2 Å². The van der Waals surface area contributed by atoms with Gasteiger partial charge in [0.25, 0.3) is 15.9 Å². The first-order valence-electron chi connectivity index (χ1n) is 9.43. The summed E-state index contributed by atoms with van der Waals surface area (Å²) in [7, 11) is -2.43. The van der Waals surface area contributed by atoms with E-state index in [0.717, 1.165) is 10.7 Å². The maximum atomic E-state index is 13.1. The fraction of sp³-hybridized carbons (Fsp3) is 0.238. The lowest BCUT2D eigenvalue weighted by molar-refractivity contribution is 0.102. The van der Waals surface area contributed by atoms with Crippen LogP contribution < -0.4 is 9.62 Å². The van der Waals surface area contributed by atoms with Gasteiger partial charge in [0.05, 0.1) is 22.8 Å². The van der Waals surface area contributed by atoms with Crippen molar-refractivity contribution >= 4 is 39.0 Å². The van der Waals surface area contributed by atoms with E-state index in [9.17, 15) is 13.2 Å². The van der Waals surface area contributed by atoms with Crippen LogP contribution in [0.25, 0.3) is 0 Å². The van der Waals surface area contributed by atoms with Crippen LogP contribution in [0, 0.1) is 0 Å². The second kappa shape index (κ2) is 8.89. The van der Waals surface area contributed by atoms with Crippen LogP contribution in [0.2, 0.25) is 5.02 Å². The first kappa shape index (κ1) is 21.9. The Morgan fingerprint density at radius 3 is 2.63 bits per heavy atom. The first-order valence-corrected chi connectivity index (χ1v) is 11.2. The number of rotatable bonds is 7. The number of amides is 1. The molecule has 0 fully saturated rings. The Balaban J connectivity index is 1.87. The predicted octanol–water partition coefficient (Wildman–Crippen LogP) is 4.58. The summed E-state index contributed by atoms with van der Waals surface area (Å²) < 4.78 is 29.0. The zero-order valence-electron chi connectivity index (χ0n) is 16.9. The molecule has 2 aromatic carbocycles. The summed E-state index contributed by atoms with van der Waals surface area (Å²) in [6.45, 7) is 4.03. The third kappa shape index (κ3) is 4.49. The van der Waals surface area contributed by atoms with Gasteiger partial charge in [-0.3, -0.25) is 9.10 Å². The van der Waals surface area contributed by atoms with Gasteiger partial charge >= 0.3 is 0 Å². The van der Waals surface area contributed by atoms with Gasteiger partial charge < -0.3 is 5.32 Å². The maximum Gasteiger partial charge on any atom is 0.264 e. The quantitative estimate of drug-likeness (QED) is 0.575. The smallest absolute Gasteiger partial charge is 0.264 e. The number of hydrogen-bond acceptors (Lipinski definition) is 4. The van der Waals surface area contributed by atoms with Crippen molar-refractivity contribution in [1.82, 2.24) is 9.78 Å². The summed E-state index contributed by atoms with van der Waals surface area (Å²) in [6, 6.07) is 14.3. The average molecular weight is 447 g/mol. The molecule has 0 aliphatic heterocycles. The molecule has 1 N–H and O–H groups in total. The monoisotopic (exact) mass is 446 g/mol. The molecule has 1 atom stereocenters. The van der Waals surface area contributed by atoms with Gasteiger partial charge in [0.1, 0.15) is 5.82 Å². The zero-order valence-corrected chi connectivity index (χ0v) is 18.5. The minimum absolute atomic E-state index is 0.00746. The number of nitrogens with one attached hydrogen (secondary N) is 1. The van der Waals surface area contributed by atoms with Crippen LogP contribution in [-0.2, 0) is 10.0 Å². The zero-order chi connectivity index (χ0) is 21.9. The van der Waals surface area contributed by atoms with Crippen LogP contribution in [-0.4, -0.2) is 31.2 Å². The number of carbonyl (C=O) groups excluding carboxylic acids is 1. The van der Waals surface area contributed by atoms with E-state index < -0.39 is 15.9 Å². The molecular formula is C21H23ClN4O3S. The molecule has 1 unspecified atom stereocenters. The summed E-state index contributed by atoms with van der Waals surface area (Å²) >= 11 is 5.98. The molecule has 3 aromatic rings. The average Bonchev–Trinajstić information content (AvgIpc) is 3.20. The summed E-state index contributed by atoms with van der Waals surface area (Å²) in [6.07, 6.45) is 2.47. The first-order chi connectivity index (χ1) is 14.2. The minimum atomic E-state index is -3.88. The maximum absolute atomic E-state index is 13.1. The van der Waals surface area contributed by atoms with E-state index in [4.69, 9.17) is 11.6 Å². The lowest BCUT2D eigenvalue weighted by Gasteiger charge is -2.20. The number of sulfonamides is 1. The summed E-state index contributed by atoms with van der Waals surface area (Å²) in [5.74, 6) is 0.140.